The first kappa shape index (κ1) is 14.9. The molecule has 3 heteroatoms. The summed E-state index contributed by atoms with van der Waals surface area (Å²) < 4.78 is 0. The molecule has 0 aromatic heterocycles. The lowest BCUT2D eigenvalue weighted by molar-refractivity contribution is 0.343. The molecule has 3 nitrogen and oxygen atoms in total. The van der Waals surface area contributed by atoms with Crippen LogP contribution in [0.2, 0.25) is 0 Å². The van der Waals surface area contributed by atoms with Crippen molar-refractivity contribution < 1.29 is 15.3 Å². The number of phenolic OH excluding ortho intramolecular Hbond substituents is 2. The molecular weight excluding hydrogens is 264 g/mol. The Balaban J connectivity index is 2.51. The van der Waals surface area contributed by atoms with Crippen LogP contribution in [-0.4, -0.2) is 21.9 Å². The zero-order chi connectivity index (χ0) is 15.2. The van der Waals surface area contributed by atoms with Gasteiger partial charge in [-0.25, -0.2) is 0 Å². The molecule has 0 aliphatic carbocycles. The van der Waals surface area contributed by atoms with E-state index in [9.17, 15) is 10.2 Å². The van der Waals surface area contributed by atoms with Crippen LogP contribution in [0.3, 0.4) is 0 Å². The van der Waals surface area contributed by atoms with Crippen LogP contribution in [0.4, 0.5) is 0 Å². The molecule has 2 rings (SSSR count). The number of allylic oxidation sites excluding steroid dienone is 1. The quantitative estimate of drug-likeness (QED) is 0.736. The Kier molecular flexibility index (Phi) is 4.80. The van der Waals surface area contributed by atoms with Crippen molar-refractivity contribution in [3.63, 3.8) is 0 Å². The average molecular weight is 282 g/mol. The highest BCUT2D eigenvalue weighted by Gasteiger charge is 2.10. The minimum Gasteiger partial charge on any atom is -0.507 e. The molecule has 2 aromatic rings. The van der Waals surface area contributed by atoms with E-state index in [1.807, 2.05) is 12.1 Å². The first-order valence-corrected chi connectivity index (χ1v) is 6.69. The normalized spacial score (nSPS) is 10.9. The number of aliphatic hydroxyl groups is 1. The lowest BCUT2D eigenvalue weighted by Crippen LogP contribution is -1.87. The van der Waals surface area contributed by atoms with Crippen molar-refractivity contribution in [3.8, 4) is 22.6 Å². The fraction of sp³-hybridized carbons (Fsp3) is 0.111. The molecule has 0 unspecified atom stereocenters. The van der Waals surface area contributed by atoms with Crippen molar-refractivity contribution in [2.75, 3.05) is 6.61 Å². The Bertz CT molecular complexity index is 672. The van der Waals surface area contributed by atoms with E-state index in [1.165, 1.54) is 0 Å². The first-order chi connectivity index (χ1) is 10.2. The van der Waals surface area contributed by atoms with Gasteiger partial charge in [-0.05, 0) is 41.8 Å². The predicted octanol–water partition coefficient (Wildman–Crippen LogP) is 3.50. The van der Waals surface area contributed by atoms with Crippen molar-refractivity contribution in [2.45, 2.75) is 6.42 Å². The number of rotatable bonds is 5. The highest BCUT2D eigenvalue weighted by molar-refractivity contribution is 5.78. The topological polar surface area (TPSA) is 60.7 Å². The maximum Gasteiger partial charge on any atom is 0.123 e. The smallest absolute Gasteiger partial charge is 0.123 e. The van der Waals surface area contributed by atoms with Gasteiger partial charge >= 0.3 is 0 Å². The monoisotopic (exact) mass is 282 g/mol. The summed E-state index contributed by atoms with van der Waals surface area (Å²) in [5.74, 6) is 0.212. The first-order valence-electron chi connectivity index (χ1n) is 6.69. The summed E-state index contributed by atoms with van der Waals surface area (Å²) in [5.41, 5.74) is 2.98. The fourth-order valence-corrected chi connectivity index (χ4v) is 2.15. The van der Waals surface area contributed by atoms with E-state index in [1.54, 1.807) is 42.5 Å². The molecule has 2 aromatic carbocycles. The SMILES string of the molecule is C=CCc1ccc(O)c(-c2cc(/C=C/CO)ccc2O)c1. The molecule has 0 aliphatic heterocycles. The predicted molar refractivity (Wildman–Crippen MR) is 85.2 cm³/mol. The molecule has 108 valence electrons. The third-order valence-corrected chi connectivity index (χ3v) is 3.17. The number of hydrogen-bond donors (Lipinski definition) is 3. The summed E-state index contributed by atoms with van der Waals surface area (Å²) >= 11 is 0. The molecule has 0 heterocycles. The van der Waals surface area contributed by atoms with Crippen LogP contribution in [0.1, 0.15) is 11.1 Å². The minimum atomic E-state index is -0.0454. The van der Waals surface area contributed by atoms with Crippen molar-refractivity contribution in [2.24, 2.45) is 0 Å². The van der Waals surface area contributed by atoms with Gasteiger partial charge in [0.2, 0.25) is 0 Å². The summed E-state index contributed by atoms with van der Waals surface area (Å²) in [6.07, 6.45) is 5.85. The van der Waals surface area contributed by atoms with Crippen LogP contribution in [0, 0.1) is 0 Å². The lowest BCUT2D eigenvalue weighted by Gasteiger charge is -2.10. The third kappa shape index (κ3) is 3.52. The number of phenols is 2. The van der Waals surface area contributed by atoms with Gasteiger partial charge in [-0.1, -0.05) is 30.4 Å². The van der Waals surface area contributed by atoms with Crippen LogP contribution in [0.15, 0.2) is 55.1 Å². The standard InChI is InChI=1S/C18H18O3/c1-2-4-13-6-8-17(20)15(11-13)16-12-14(5-3-10-19)7-9-18(16)21/h2-3,5-9,11-12,19-21H,1,4,10H2/b5-3+. The van der Waals surface area contributed by atoms with E-state index in [2.05, 4.69) is 6.58 Å². The zero-order valence-corrected chi connectivity index (χ0v) is 11.7. The van der Waals surface area contributed by atoms with Gasteiger partial charge in [-0.3, -0.25) is 0 Å². The molecule has 0 spiro atoms. The van der Waals surface area contributed by atoms with Crippen molar-refractivity contribution in [3.05, 3.63) is 66.3 Å². The molecule has 0 radical (unpaired) electrons. The van der Waals surface area contributed by atoms with Crippen LogP contribution < -0.4 is 0 Å². The molecule has 0 saturated heterocycles. The summed E-state index contributed by atoms with van der Waals surface area (Å²) in [6, 6.07) is 10.4. The fourth-order valence-electron chi connectivity index (χ4n) is 2.15. The number of aromatic hydroxyl groups is 2. The molecule has 0 aliphatic rings. The minimum absolute atomic E-state index is 0.0454. The maximum atomic E-state index is 10.1. The number of hydrogen-bond acceptors (Lipinski definition) is 3. The van der Waals surface area contributed by atoms with E-state index in [4.69, 9.17) is 5.11 Å². The van der Waals surface area contributed by atoms with Gasteiger partial charge in [0, 0.05) is 11.1 Å². The molecule has 0 bridgehead atoms. The van der Waals surface area contributed by atoms with Gasteiger partial charge < -0.3 is 15.3 Å². The Morgan fingerprint density at radius 2 is 1.62 bits per heavy atom. The van der Waals surface area contributed by atoms with E-state index in [-0.39, 0.29) is 18.1 Å². The Labute approximate surface area is 124 Å². The molecule has 3 N–H and O–H groups in total. The van der Waals surface area contributed by atoms with Crippen molar-refractivity contribution in [1.29, 1.82) is 0 Å². The molecule has 21 heavy (non-hydrogen) atoms. The van der Waals surface area contributed by atoms with Gasteiger partial charge in [-0.2, -0.15) is 0 Å². The van der Waals surface area contributed by atoms with Crippen molar-refractivity contribution in [1.82, 2.24) is 0 Å². The number of benzene rings is 2. The van der Waals surface area contributed by atoms with Crippen LogP contribution >= 0.6 is 0 Å². The van der Waals surface area contributed by atoms with Crippen molar-refractivity contribution >= 4 is 6.08 Å². The van der Waals surface area contributed by atoms with E-state index in [0.717, 1.165) is 11.1 Å². The number of aliphatic hydroxyl groups excluding tert-OH is 1. The zero-order valence-electron chi connectivity index (χ0n) is 11.7. The van der Waals surface area contributed by atoms with Gasteiger partial charge in [0.15, 0.2) is 0 Å². The summed E-state index contributed by atoms with van der Waals surface area (Å²) in [4.78, 5) is 0. The van der Waals surface area contributed by atoms with Gasteiger partial charge in [0.05, 0.1) is 6.61 Å². The van der Waals surface area contributed by atoms with Crippen LogP contribution in [0.25, 0.3) is 17.2 Å². The molecule has 0 fully saturated rings. The van der Waals surface area contributed by atoms with E-state index < -0.39 is 0 Å². The van der Waals surface area contributed by atoms with Crippen LogP contribution in [0.5, 0.6) is 11.5 Å². The lowest BCUT2D eigenvalue weighted by atomic mass is 9.98. The summed E-state index contributed by atoms with van der Waals surface area (Å²) in [7, 11) is 0. The maximum absolute atomic E-state index is 10.1. The van der Waals surface area contributed by atoms with Gasteiger partial charge in [0.1, 0.15) is 11.5 Å². The van der Waals surface area contributed by atoms with E-state index >= 15 is 0 Å². The highest BCUT2D eigenvalue weighted by Crippen LogP contribution is 2.36. The van der Waals surface area contributed by atoms with Gasteiger partial charge in [0.25, 0.3) is 0 Å². The molecule has 0 saturated carbocycles. The second-order valence-electron chi connectivity index (χ2n) is 4.71. The Morgan fingerprint density at radius 3 is 2.29 bits per heavy atom. The molecule has 0 amide bonds. The van der Waals surface area contributed by atoms with E-state index in [0.29, 0.717) is 17.5 Å². The summed E-state index contributed by atoms with van der Waals surface area (Å²) in [5, 5.41) is 28.9. The molecule has 0 atom stereocenters. The summed E-state index contributed by atoms with van der Waals surface area (Å²) in [6.45, 7) is 3.66. The second-order valence-corrected chi connectivity index (χ2v) is 4.71. The van der Waals surface area contributed by atoms with Gasteiger partial charge in [-0.15, -0.1) is 6.58 Å². The third-order valence-electron chi connectivity index (χ3n) is 3.17. The average Bonchev–Trinajstić information content (AvgIpc) is 2.49. The second kappa shape index (κ2) is 6.77. The Morgan fingerprint density at radius 1 is 0.952 bits per heavy atom. The Hall–Kier alpha value is -2.52. The van der Waals surface area contributed by atoms with Crippen LogP contribution in [-0.2, 0) is 6.42 Å². The largest absolute Gasteiger partial charge is 0.507 e. The molecular formula is C18H18O3. The highest BCUT2D eigenvalue weighted by atomic mass is 16.3.